The van der Waals surface area contributed by atoms with Crippen LogP contribution in [0.3, 0.4) is 0 Å². The summed E-state index contributed by atoms with van der Waals surface area (Å²) in [4.78, 5) is 4.48. The second-order valence-electron chi connectivity index (χ2n) is 5.59. The van der Waals surface area contributed by atoms with Crippen LogP contribution < -0.4 is 5.32 Å². The van der Waals surface area contributed by atoms with Gasteiger partial charge in [-0.1, -0.05) is 31.7 Å². The minimum absolute atomic E-state index is 0.751. The van der Waals surface area contributed by atoms with Crippen LogP contribution in [0.15, 0.2) is 18.2 Å². The second kappa shape index (κ2) is 5.59. The first-order valence-electron chi connectivity index (χ1n) is 7.39. The Morgan fingerprint density at radius 2 is 2.16 bits per heavy atom. The maximum atomic E-state index is 4.48. The maximum Gasteiger partial charge on any atom is 0.243 e. The number of aryl methyl sites for hydroxylation is 1. The van der Waals surface area contributed by atoms with Crippen molar-refractivity contribution in [2.24, 2.45) is 5.92 Å². The summed E-state index contributed by atoms with van der Waals surface area (Å²) in [5.74, 6) is 1.72. The minimum atomic E-state index is 0.751. The molecule has 1 aliphatic carbocycles. The van der Waals surface area contributed by atoms with Crippen molar-refractivity contribution in [3.05, 3.63) is 23.9 Å². The van der Waals surface area contributed by atoms with Gasteiger partial charge in [0.05, 0.1) is 0 Å². The number of rotatable bonds is 5. The van der Waals surface area contributed by atoms with E-state index in [4.69, 9.17) is 0 Å². The zero-order valence-corrected chi connectivity index (χ0v) is 11.6. The molecule has 0 bridgehead atoms. The van der Waals surface area contributed by atoms with Gasteiger partial charge >= 0.3 is 0 Å². The van der Waals surface area contributed by atoms with Crippen molar-refractivity contribution in [2.75, 3.05) is 11.9 Å². The van der Waals surface area contributed by atoms with Crippen LogP contribution in [0, 0.1) is 12.8 Å². The van der Waals surface area contributed by atoms with E-state index >= 15 is 0 Å². The molecule has 1 saturated carbocycles. The minimum Gasteiger partial charge on any atom is -0.353 e. The Morgan fingerprint density at radius 3 is 2.95 bits per heavy atom. The highest BCUT2D eigenvalue weighted by Gasteiger charge is 2.14. The number of pyridine rings is 1. The molecular formula is C15H22N4. The third kappa shape index (κ3) is 2.88. The largest absolute Gasteiger partial charge is 0.353 e. The molecule has 0 aromatic carbocycles. The van der Waals surface area contributed by atoms with Crippen molar-refractivity contribution in [1.82, 2.24) is 14.6 Å². The number of aromatic nitrogens is 3. The van der Waals surface area contributed by atoms with E-state index < -0.39 is 0 Å². The van der Waals surface area contributed by atoms with Gasteiger partial charge in [-0.25, -0.2) is 4.52 Å². The summed E-state index contributed by atoms with van der Waals surface area (Å²) in [5, 5.41) is 7.82. The van der Waals surface area contributed by atoms with Crippen LogP contribution in [0.4, 0.5) is 5.95 Å². The summed E-state index contributed by atoms with van der Waals surface area (Å²) in [6.45, 7) is 3.03. The molecule has 102 valence electrons. The number of hydrogen-bond acceptors (Lipinski definition) is 3. The van der Waals surface area contributed by atoms with Gasteiger partial charge in [0.1, 0.15) is 0 Å². The number of fused-ring (bicyclic) bond motifs is 1. The van der Waals surface area contributed by atoms with Crippen LogP contribution in [0.2, 0.25) is 0 Å². The fourth-order valence-corrected chi connectivity index (χ4v) is 3.00. The number of hydrogen-bond donors (Lipinski definition) is 1. The Balaban J connectivity index is 1.52. The average Bonchev–Trinajstić information content (AvgIpc) is 3.04. The first-order chi connectivity index (χ1) is 9.33. The first-order valence-corrected chi connectivity index (χ1v) is 7.39. The Kier molecular flexibility index (Phi) is 3.67. The highest BCUT2D eigenvalue weighted by atomic mass is 15.3. The van der Waals surface area contributed by atoms with Gasteiger partial charge in [-0.05, 0) is 37.8 Å². The molecule has 1 fully saturated rings. The Morgan fingerprint density at radius 1 is 1.32 bits per heavy atom. The Bertz CT molecular complexity index is 540. The Hall–Kier alpha value is -1.58. The van der Waals surface area contributed by atoms with E-state index in [-0.39, 0.29) is 0 Å². The maximum absolute atomic E-state index is 4.48. The van der Waals surface area contributed by atoms with E-state index in [1.165, 1.54) is 38.5 Å². The van der Waals surface area contributed by atoms with Crippen LogP contribution in [-0.2, 0) is 0 Å². The molecule has 1 N–H and O–H groups in total. The van der Waals surface area contributed by atoms with Gasteiger partial charge in [0.15, 0.2) is 5.65 Å². The summed E-state index contributed by atoms with van der Waals surface area (Å²) in [7, 11) is 0. The van der Waals surface area contributed by atoms with Gasteiger partial charge in [-0.3, -0.25) is 0 Å². The van der Waals surface area contributed by atoms with Gasteiger partial charge in [-0.2, -0.15) is 4.98 Å². The van der Waals surface area contributed by atoms with Crippen molar-refractivity contribution in [3.8, 4) is 0 Å². The van der Waals surface area contributed by atoms with E-state index in [2.05, 4.69) is 15.4 Å². The SMILES string of the molecule is Cc1cccc2nc(NCCCC3CCCC3)nn12. The molecule has 1 aliphatic rings. The zero-order valence-electron chi connectivity index (χ0n) is 11.6. The summed E-state index contributed by atoms with van der Waals surface area (Å²) >= 11 is 0. The lowest BCUT2D eigenvalue weighted by Gasteiger charge is -2.07. The normalized spacial score (nSPS) is 16.3. The number of nitrogens with one attached hydrogen (secondary N) is 1. The molecule has 0 aliphatic heterocycles. The van der Waals surface area contributed by atoms with Crippen LogP contribution >= 0.6 is 0 Å². The molecule has 4 heteroatoms. The zero-order chi connectivity index (χ0) is 13.1. The molecule has 2 aromatic heterocycles. The van der Waals surface area contributed by atoms with Crippen molar-refractivity contribution >= 4 is 11.6 Å². The number of nitrogens with zero attached hydrogens (tertiary/aromatic N) is 3. The summed E-state index contributed by atoms with van der Waals surface area (Å²) in [5.41, 5.74) is 2.03. The van der Waals surface area contributed by atoms with Crippen LogP contribution in [0.1, 0.15) is 44.2 Å². The molecule has 0 unspecified atom stereocenters. The molecular weight excluding hydrogens is 236 g/mol. The van der Waals surface area contributed by atoms with E-state index in [0.29, 0.717) is 0 Å². The smallest absolute Gasteiger partial charge is 0.243 e. The molecule has 0 atom stereocenters. The fourth-order valence-electron chi connectivity index (χ4n) is 3.00. The molecule has 0 saturated heterocycles. The molecule has 0 spiro atoms. The quantitative estimate of drug-likeness (QED) is 0.836. The van der Waals surface area contributed by atoms with Gasteiger partial charge in [0.25, 0.3) is 0 Å². The van der Waals surface area contributed by atoms with Crippen LogP contribution in [0.5, 0.6) is 0 Å². The predicted octanol–water partition coefficient (Wildman–Crippen LogP) is 3.42. The third-order valence-electron chi connectivity index (χ3n) is 4.10. The van der Waals surface area contributed by atoms with E-state index in [1.54, 1.807) is 0 Å². The molecule has 2 aromatic rings. The molecule has 19 heavy (non-hydrogen) atoms. The monoisotopic (exact) mass is 258 g/mol. The van der Waals surface area contributed by atoms with Crippen molar-refractivity contribution in [2.45, 2.75) is 45.4 Å². The third-order valence-corrected chi connectivity index (χ3v) is 4.10. The number of anilines is 1. The predicted molar refractivity (Wildman–Crippen MR) is 77.4 cm³/mol. The second-order valence-corrected chi connectivity index (χ2v) is 5.59. The standard InChI is InChI=1S/C15H22N4/c1-12-6-4-10-14-17-15(18-19(12)14)16-11-5-9-13-7-2-3-8-13/h4,6,10,13H,2-3,5,7-9,11H2,1H3,(H,16,18). The summed E-state index contributed by atoms with van der Waals surface area (Å²) in [6, 6.07) is 6.05. The van der Waals surface area contributed by atoms with Gasteiger partial charge < -0.3 is 5.32 Å². The van der Waals surface area contributed by atoms with Crippen molar-refractivity contribution < 1.29 is 0 Å². The lowest BCUT2D eigenvalue weighted by molar-refractivity contribution is 0.491. The molecule has 3 rings (SSSR count). The average molecular weight is 258 g/mol. The van der Waals surface area contributed by atoms with Crippen molar-refractivity contribution in [1.29, 1.82) is 0 Å². The summed E-state index contributed by atoms with van der Waals surface area (Å²) < 4.78 is 1.89. The Labute approximate surface area is 114 Å². The first kappa shape index (κ1) is 12.5. The van der Waals surface area contributed by atoms with Crippen LogP contribution in [-0.4, -0.2) is 21.1 Å². The van der Waals surface area contributed by atoms with E-state index in [9.17, 15) is 0 Å². The lowest BCUT2D eigenvalue weighted by Crippen LogP contribution is -2.05. The van der Waals surface area contributed by atoms with Crippen molar-refractivity contribution in [3.63, 3.8) is 0 Å². The summed E-state index contributed by atoms with van der Waals surface area (Å²) in [6.07, 6.45) is 8.31. The fraction of sp³-hybridized carbons (Fsp3) is 0.600. The lowest BCUT2D eigenvalue weighted by atomic mass is 10.0. The molecule has 4 nitrogen and oxygen atoms in total. The topological polar surface area (TPSA) is 42.2 Å². The van der Waals surface area contributed by atoms with Gasteiger partial charge in [0, 0.05) is 12.2 Å². The highest BCUT2D eigenvalue weighted by Crippen LogP contribution is 2.28. The van der Waals surface area contributed by atoms with E-state index in [1.807, 2.05) is 29.6 Å². The molecule has 0 radical (unpaired) electrons. The highest BCUT2D eigenvalue weighted by molar-refractivity contribution is 5.44. The van der Waals surface area contributed by atoms with E-state index in [0.717, 1.165) is 29.8 Å². The van der Waals surface area contributed by atoms with Crippen LogP contribution in [0.25, 0.3) is 5.65 Å². The molecule has 0 amide bonds. The van der Waals surface area contributed by atoms with Gasteiger partial charge in [-0.15, -0.1) is 5.10 Å². The molecule has 2 heterocycles. The van der Waals surface area contributed by atoms with Gasteiger partial charge in [0.2, 0.25) is 5.95 Å².